The van der Waals surface area contributed by atoms with Gasteiger partial charge in [-0.15, -0.1) is 0 Å². The fourth-order valence-electron chi connectivity index (χ4n) is 21.6. The number of likely N-dealkylation sites (tertiary alicyclic amines) is 1. The van der Waals surface area contributed by atoms with Crippen molar-refractivity contribution in [3.05, 3.63) is 187 Å². The fraction of sp³-hybridized carbons (Fsp3) is 0.642. The minimum absolute atomic E-state index is 0.00175. The van der Waals surface area contributed by atoms with Gasteiger partial charge in [0.1, 0.15) is 0 Å². The van der Waals surface area contributed by atoms with E-state index >= 15 is 0 Å². The van der Waals surface area contributed by atoms with Crippen LogP contribution in [0.25, 0.3) is 45.0 Å². The molecule has 4 aromatic heterocycles. The number of hydrogen-bond donors (Lipinski definition) is 5. The molecule has 4 amide bonds. The average Bonchev–Trinajstić information content (AvgIpc) is 1.61. The molecule has 5 N–H and O–H groups in total. The molecule has 17 nitrogen and oxygen atoms in total. The average molecular weight is 1980 g/mol. The molecule has 0 spiro atoms. The van der Waals surface area contributed by atoms with Crippen molar-refractivity contribution in [1.29, 1.82) is 0 Å². The summed E-state index contributed by atoms with van der Waals surface area (Å²) in [5.41, 5.74) is 26.4. The number of aromatic nitrogens is 4. The zero-order valence-electron chi connectivity index (χ0n) is 93.4. The quantitative estimate of drug-likeness (QED) is 0.0435. The second-order valence-corrected chi connectivity index (χ2v) is 56.9. The number of aryl methyl sites for hydroxylation is 1. The topological polar surface area (TPSA) is 219 Å². The van der Waals surface area contributed by atoms with Crippen molar-refractivity contribution >= 4 is 44.3 Å². The van der Waals surface area contributed by atoms with Crippen LogP contribution in [0.3, 0.4) is 0 Å². The first kappa shape index (κ1) is 113. The minimum Gasteiger partial charge on any atom is -0.389 e. The van der Waals surface area contributed by atoms with Crippen LogP contribution >= 0.6 is 0 Å². The van der Waals surface area contributed by atoms with Crippen molar-refractivity contribution in [2.24, 2.45) is 29.1 Å². The van der Waals surface area contributed by atoms with E-state index in [1.165, 1.54) is 190 Å². The lowest BCUT2D eigenvalue weighted by Gasteiger charge is -2.35. The predicted molar refractivity (Wildman–Crippen MR) is 593 cm³/mol. The van der Waals surface area contributed by atoms with Gasteiger partial charge < -0.3 is 49.3 Å². The predicted octanol–water partition coefficient (Wildman–Crippen LogP) is 26.9. The smallest absolute Gasteiger partial charge is 0.255 e. The van der Waals surface area contributed by atoms with Crippen LogP contribution in [0.1, 0.15) is 424 Å². The number of benzene rings is 4. The summed E-state index contributed by atoms with van der Waals surface area (Å²) >= 11 is 0. The molecular weight excluding hydrogens is 1800 g/mol. The standard InChI is InChI=1S/C33H52N2O2.C30H44N2O3S.C30H44N2O2S.C30H44N2O2/c1-23-28(30(36)34-22-33(8,9)37)20-29(35(23)21-24-13-11-10-12-14-24)26-17-25(15-16-31(2,3)4)18-27(19-26)32(5,6)7;1-20-26(28(33)31-25-18-36(34,35)19-25)16-27(32(20)17-21-11-9-8-10-12-21)22-13-23(29(2,3)4)15-24(14-22)30(5,6)7;1-20-26(28(33)31-25-18-35(34)19-25)16-27(32(20)17-21-11-9-8-10-12-21)22-13-23(29(2,3)4)15-24(14-22)30(5,6)7;1-20-26(28(34)31-18-25(33)19-31)16-27(32(20)17-21-11-9-8-10-12-21)22-13-23(29(2,3)4)15-24(14-22)30(5,6)7/h17-20,24,37H,10-16,21-22H2,1-9H3,(H,34,36);13-16,21,25H,8-12,17-19H2,1-7H3,(H,31,33);13-16,21,25H,8-12,17-19H2,1-7H3,(H,31,33);13-16,21,25,33H,8-12,17-19H2,1-7H3. The van der Waals surface area contributed by atoms with E-state index < -0.39 is 26.2 Å². The van der Waals surface area contributed by atoms with Crippen molar-refractivity contribution in [3.8, 4) is 45.0 Å². The number of nitrogens with one attached hydrogen (secondary N) is 3. The molecule has 0 radical (unpaired) electrons. The second kappa shape index (κ2) is 44.9. The Morgan fingerprint density at radius 3 is 0.894 bits per heavy atom. The van der Waals surface area contributed by atoms with E-state index in [9.17, 15) is 42.0 Å². The Hall–Kier alpha value is -8.10. The summed E-state index contributed by atoms with van der Waals surface area (Å²) in [7, 11) is -3.77. The Morgan fingerprint density at radius 2 is 0.627 bits per heavy atom. The lowest BCUT2D eigenvalue weighted by atomic mass is 9.79. The van der Waals surface area contributed by atoms with Gasteiger partial charge in [0, 0.05) is 114 Å². The van der Waals surface area contributed by atoms with Crippen LogP contribution in [0, 0.1) is 56.8 Å². The number of aliphatic hydroxyl groups is 2. The number of amides is 4. The van der Waals surface area contributed by atoms with Gasteiger partial charge in [0.2, 0.25) is 0 Å². The number of carbonyl (C=O) groups excluding carboxylic acids is 4. The number of nitrogens with zero attached hydrogens (tertiary/aromatic N) is 5. The highest BCUT2D eigenvalue weighted by molar-refractivity contribution is 7.92. The molecule has 3 aliphatic heterocycles. The molecule has 4 saturated carbocycles. The molecule has 0 unspecified atom stereocenters. The van der Waals surface area contributed by atoms with E-state index in [1.807, 2.05) is 13.0 Å². The van der Waals surface area contributed by atoms with Gasteiger partial charge in [0.05, 0.1) is 57.5 Å². The van der Waals surface area contributed by atoms with Gasteiger partial charge in [-0.2, -0.15) is 0 Å². The van der Waals surface area contributed by atoms with Gasteiger partial charge in [-0.3, -0.25) is 23.4 Å². The molecule has 8 aromatic rings. The third kappa shape index (κ3) is 29.7. The Kier molecular flexibility index (Phi) is 35.6. The third-order valence-corrected chi connectivity index (χ3v) is 34.8. The van der Waals surface area contributed by atoms with Crippen molar-refractivity contribution in [2.75, 3.05) is 42.6 Å². The number of β-amino-alcohol motifs (C(OH)–C–C–N with tert-alkyl or cyclic N) is 1. The van der Waals surface area contributed by atoms with E-state index in [4.69, 9.17) is 0 Å². The summed E-state index contributed by atoms with van der Waals surface area (Å²) in [5.74, 6) is 3.55. The lowest BCUT2D eigenvalue weighted by Crippen LogP contribution is -2.53. The molecule has 19 heteroatoms. The molecule has 15 rings (SSSR count). The van der Waals surface area contributed by atoms with Crippen LogP contribution < -0.4 is 16.0 Å². The zero-order chi connectivity index (χ0) is 104. The zero-order valence-corrected chi connectivity index (χ0v) is 95.1. The molecular formula is C123H184N8O9S2. The summed E-state index contributed by atoms with van der Waals surface area (Å²) in [6.07, 6.45) is 27.6. The van der Waals surface area contributed by atoms with E-state index in [2.05, 4.69) is 312 Å². The van der Waals surface area contributed by atoms with Crippen molar-refractivity contribution < 1.29 is 42.0 Å². The Balaban J connectivity index is 0.000000169. The molecule has 0 atom stereocenters. The van der Waals surface area contributed by atoms with Gasteiger partial charge in [-0.25, -0.2) is 8.42 Å². The highest BCUT2D eigenvalue weighted by Crippen LogP contribution is 2.45. The molecule has 4 aliphatic carbocycles. The number of hydrogen-bond acceptors (Lipinski definition) is 9. The Bertz CT molecular complexity index is 5770. The van der Waals surface area contributed by atoms with Crippen LogP contribution in [-0.4, -0.2) is 136 Å². The molecule has 7 heterocycles. The number of sulfone groups is 1. The molecule has 4 aromatic carbocycles. The summed E-state index contributed by atoms with van der Waals surface area (Å²) in [4.78, 5) is 55.0. The monoisotopic (exact) mass is 1980 g/mol. The van der Waals surface area contributed by atoms with E-state index in [0.717, 1.165) is 101 Å². The van der Waals surface area contributed by atoms with Gasteiger partial charge in [-0.1, -0.05) is 267 Å². The van der Waals surface area contributed by atoms with Crippen LogP contribution in [-0.2, 0) is 91.1 Å². The van der Waals surface area contributed by atoms with Crippen LogP contribution in [0.15, 0.2) is 97.1 Å². The molecule has 0 bridgehead atoms. The summed E-state index contributed by atoms with van der Waals surface area (Å²) in [6, 6.07) is 36.1. The summed E-state index contributed by atoms with van der Waals surface area (Å²) < 4.78 is 44.4. The normalized spacial score (nSPS) is 18.7. The number of carbonyl (C=O) groups is 4. The third-order valence-electron chi connectivity index (χ3n) is 31.5. The molecule has 7 aliphatic rings. The van der Waals surface area contributed by atoms with Gasteiger partial charge in [-0.05, 0) is 312 Å². The van der Waals surface area contributed by atoms with Gasteiger partial charge in [0.15, 0.2) is 9.84 Å². The first-order valence-corrected chi connectivity index (χ1v) is 57.7. The summed E-state index contributed by atoms with van der Waals surface area (Å²) in [6.45, 7) is 71.2. The first-order valence-electron chi connectivity index (χ1n) is 54.4. The lowest BCUT2D eigenvalue weighted by molar-refractivity contribution is 0.00583. The Morgan fingerprint density at radius 1 is 0.359 bits per heavy atom. The largest absolute Gasteiger partial charge is 0.389 e. The molecule has 3 saturated heterocycles. The van der Waals surface area contributed by atoms with Crippen LogP contribution in [0.4, 0.5) is 0 Å². The SMILES string of the molecule is Cc1c(C(=O)N2CC(O)C2)cc(-c2cc(C(C)(C)C)cc(C(C)(C)C)c2)n1CC1CCCCC1.Cc1c(C(=O)NC2CS(=O)(=O)C2)cc(-c2cc(C(C)(C)C)cc(C(C)(C)C)c2)n1CC1CCCCC1.Cc1c(C(=O)NC2CS(=O)C2)cc(-c2cc(C(C)(C)C)cc(C(C)(C)C)c2)n1CC1CCCCC1.Cc1c(C(=O)NCC(C)(C)O)cc(-c2cc(CCC(C)(C)C)cc(C(C)(C)C)c2)n1CC1CCCCC1. The first-order chi connectivity index (χ1) is 65.8. The molecule has 782 valence electrons. The number of rotatable bonds is 22. The van der Waals surface area contributed by atoms with Gasteiger partial charge >= 0.3 is 0 Å². The van der Waals surface area contributed by atoms with E-state index in [0.29, 0.717) is 59.4 Å². The highest BCUT2D eigenvalue weighted by atomic mass is 32.2. The maximum Gasteiger partial charge on any atom is 0.255 e. The summed E-state index contributed by atoms with van der Waals surface area (Å²) in [5, 5.41) is 29.0. The van der Waals surface area contributed by atoms with E-state index in [-0.39, 0.29) is 103 Å². The highest BCUT2D eigenvalue weighted by Gasteiger charge is 2.39. The number of aliphatic hydroxyl groups excluding tert-OH is 1. The van der Waals surface area contributed by atoms with Crippen molar-refractivity contribution in [3.63, 3.8) is 0 Å². The Labute approximate surface area is 859 Å². The molecule has 142 heavy (non-hydrogen) atoms. The molecule has 7 fully saturated rings. The maximum absolute atomic E-state index is 13.3. The van der Waals surface area contributed by atoms with Crippen molar-refractivity contribution in [1.82, 2.24) is 39.1 Å². The van der Waals surface area contributed by atoms with Gasteiger partial charge in [0.25, 0.3) is 23.6 Å². The van der Waals surface area contributed by atoms with Crippen LogP contribution in [0.5, 0.6) is 0 Å². The van der Waals surface area contributed by atoms with Crippen molar-refractivity contribution in [2.45, 2.75) is 437 Å². The maximum atomic E-state index is 13.3. The van der Waals surface area contributed by atoms with E-state index in [1.54, 1.807) is 18.7 Å². The fourth-order valence-corrected chi connectivity index (χ4v) is 23.9. The van der Waals surface area contributed by atoms with Crippen LogP contribution in [0.2, 0.25) is 0 Å². The second-order valence-electron chi connectivity index (χ2n) is 53.2. The minimum atomic E-state index is -2.99.